The fourth-order valence-corrected chi connectivity index (χ4v) is 1.63. The third kappa shape index (κ3) is 3.32. The fraction of sp³-hybridized carbons (Fsp3) is 0.500. The van der Waals surface area contributed by atoms with Crippen molar-refractivity contribution in [1.29, 1.82) is 0 Å². The molecular weight excluding hydrogens is 196 g/mol. The standard InChI is InChI=1S/C12H17ClO/c1-3-14-12(8-9-13)11-6-4-10(2)5-7-11/h4-7,12H,3,8-9H2,1-2H3. The van der Waals surface area contributed by atoms with E-state index in [9.17, 15) is 0 Å². The second kappa shape index (κ2) is 6.05. The van der Waals surface area contributed by atoms with Crippen LogP contribution in [0.2, 0.25) is 0 Å². The van der Waals surface area contributed by atoms with E-state index in [1.807, 2.05) is 6.92 Å². The lowest BCUT2D eigenvalue weighted by Gasteiger charge is -2.16. The summed E-state index contributed by atoms with van der Waals surface area (Å²) in [6.07, 6.45) is 1.02. The smallest absolute Gasteiger partial charge is 0.0836 e. The third-order valence-corrected chi connectivity index (χ3v) is 2.41. The first-order chi connectivity index (χ1) is 6.77. The molecule has 0 bridgehead atoms. The molecule has 0 radical (unpaired) electrons. The average molecular weight is 213 g/mol. The van der Waals surface area contributed by atoms with Gasteiger partial charge in [-0.3, -0.25) is 0 Å². The highest BCUT2D eigenvalue weighted by molar-refractivity contribution is 6.17. The van der Waals surface area contributed by atoms with Gasteiger partial charge in [-0.25, -0.2) is 0 Å². The summed E-state index contributed by atoms with van der Waals surface area (Å²) in [5.74, 6) is 0.637. The van der Waals surface area contributed by atoms with Crippen molar-refractivity contribution in [1.82, 2.24) is 0 Å². The fourth-order valence-electron chi connectivity index (χ4n) is 1.43. The van der Waals surface area contributed by atoms with Gasteiger partial charge in [-0.15, -0.1) is 11.6 Å². The van der Waals surface area contributed by atoms with Gasteiger partial charge in [0.15, 0.2) is 0 Å². The second-order valence-corrected chi connectivity index (χ2v) is 3.71. The zero-order valence-corrected chi connectivity index (χ0v) is 9.55. The first-order valence-electron chi connectivity index (χ1n) is 5.02. The Morgan fingerprint density at radius 2 is 1.93 bits per heavy atom. The summed E-state index contributed by atoms with van der Waals surface area (Å²) in [6.45, 7) is 4.83. The highest BCUT2D eigenvalue weighted by Crippen LogP contribution is 2.21. The van der Waals surface area contributed by atoms with Crippen LogP contribution < -0.4 is 0 Å². The van der Waals surface area contributed by atoms with E-state index < -0.39 is 0 Å². The van der Waals surface area contributed by atoms with E-state index in [1.165, 1.54) is 11.1 Å². The molecule has 14 heavy (non-hydrogen) atoms. The van der Waals surface area contributed by atoms with Gasteiger partial charge in [-0.1, -0.05) is 29.8 Å². The normalized spacial score (nSPS) is 12.8. The number of halogens is 1. The number of hydrogen-bond acceptors (Lipinski definition) is 1. The summed E-state index contributed by atoms with van der Waals surface area (Å²) < 4.78 is 5.62. The van der Waals surface area contributed by atoms with Crippen molar-refractivity contribution in [2.75, 3.05) is 12.5 Å². The zero-order chi connectivity index (χ0) is 10.4. The average Bonchev–Trinajstić information content (AvgIpc) is 2.19. The molecule has 1 rings (SSSR count). The predicted molar refractivity (Wildman–Crippen MR) is 60.9 cm³/mol. The molecule has 0 aliphatic rings. The Balaban J connectivity index is 2.71. The molecule has 0 saturated carbocycles. The minimum atomic E-state index is 0.151. The van der Waals surface area contributed by atoms with E-state index in [2.05, 4.69) is 31.2 Å². The maximum atomic E-state index is 5.73. The largest absolute Gasteiger partial charge is 0.374 e. The molecular formula is C12H17ClO. The molecule has 0 fully saturated rings. The molecule has 0 heterocycles. The topological polar surface area (TPSA) is 9.23 Å². The Bertz CT molecular complexity index is 250. The minimum Gasteiger partial charge on any atom is -0.374 e. The van der Waals surface area contributed by atoms with Crippen LogP contribution in [0.1, 0.15) is 30.6 Å². The number of rotatable bonds is 5. The molecule has 0 N–H and O–H groups in total. The van der Waals surface area contributed by atoms with Gasteiger partial charge >= 0.3 is 0 Å². The number of aryl methyl sites for hydroxylation is 1. The first-order valence-corrected chi connectivity index (χ1v) is 5.55. The zero-order valence-electron chi connectivity index (χ0n) is 8.79. The predicted octanol–water partition coefficient (Wildman–Crippen LogP) is 3.70. The summed E-state index contributed by atoms with van der Waals surface area (Å²) in [5.41, 5.74) is 2.49. The van der Waals surface area contributed by atoms with Crippen LogP contribution >= 0.6 is 11.6 Å². The van der Waals surface area contributed by atoms with E-state index >= 15 is 0 Å². The Morgan fingerprint density at radius 1 is 1.29 bits per heavy atom. The van der Waals surface area contributed by atoms with E-state index in [-0.39, 0.29) is 6.10 Å². The molecule has 0 amide bonds. The van der Waals surface area contributed by atoms with Crippen LogP contribution in [0.5, 0.6) is 0 Å². The van der Waals surface area contributed by atoms with Crippen molar-refractivity contribution in [3.05, 3.63) is 35.4 Å². The SMILES string of the molecule is CCOC(CCCl)c1ccc(C)cc1. The van der Waals surface area contributed by atoms with Crippen molar-refractivity contribution in [2.45, 2.75) is 26.4 Å². The number of hydrogen-bond donors (Lipinski definition) is 0. The molecule has 2 heteroatoms. The Morgan fingerprint density at radius 3 is 2.43 bits per heavy atom. The van der Waals surface area contributed by atoms with Gasteiger partial charge in [-0.05, 0) is 25.8 Å². The maximum Gasteiger partial charge on any atom is 0.0836 e. The van der Waals surface area contributed by atoms with Crippen molar-refractivity contribution in [3.63, 3.8) is 0 Å². The number of benzene rings is 1. The third-order valence-electron chi connectivity index (χ3n) is 2.19. The molecule has 1 aromatic carbocycles. The Hall–Kier alpha value is -0.530. The summed E-state index contributed by atoms with van der Waals surface area (Å²) in [5, 5.41) is 0. The van der Waals surface area contributed by atoms with Gasteiger partial charge in [0.1, 0.15) is 0 Å². The van der Waals surface area contributed by atoms with Crippen molar-refractivity contribution in [3.8, 4) is 0 Å². The number of alkyl halides is 1. The molecule has 78 valence electrons. The van der Waals surface area contributed by atoms with Crippen LogP contribution in [0.25, 0.3) is 0 Å². The lowest BCUT2D eigenvalue weighted by atomic mass is 10.1. The lowest BCUT2D eigenvalue weighted by Crippen LogP contribution is -2.04. The van der Waals surface area contributed by atoms with Gasteiger partial charge in [-0.2, -0.15) is 0 Å². The van der Waals surface area contributed by atoms with Gasteiger partial charge < -0.3 is 4.74 Å². The van der Waals surface area contributed by atoms with Crippen LogP contribution in [-0.4, -0.2) is 12.5 Å². The van der Waals surface area contributed by atoms with Crippen LogP contribution in [-0.2, 0) is 4.74 Å². The molecule has 1 atom stereocenters. The summed E-state index contributed by atoms with van der Waals surface area (Å²) in [6, 6.07) is 8.44. The molecule has 1 nitrogen and oxygen atoms in total. The van der Waals surface area contributed by atoms with E-state index in [0.717, 1.165) is 13.0 Å². The maximum absolute atomic E-state index is 5.73. The second-order valence-electron chi connectivity index (χ2n) is 3.33. The molecule has 1 unspecified atom stereocenters. The van der Waals surface area contributed by atoms with Crippen LogP contribution in [0.3, 0.4) is 0 Å². The summed E-state index contributed by atoms with van der Waals surface area (Å²) in [7, 11) is 0. The monoisotopic (exact) mass is 212 g/mol. The first kappa shape index (κ1) is 11.5. The summed E-state index contributed by atoms with van der Waals surface area (Å²) in [4.78, 5) is 0. The lowest BCUT2D eigenvalue weighted by molar-refractivity contribution is 0.0604. The van der Waals surface area contributed by atoms with Gasteiger partial charge in [0.25, 0.3) is 0 Å². The molecule has 0 aliphatic heterocycles. The molecule has 0 aromatic heterocycles. The van der Waals surface area contributed by atoms with E-state index in [4.69, 9.17) is 16.3 Å². The van der Waals surface area contributed by atoms with Crippen LogP contribution in [0.15, 0.2) is 24.3 Å². The molecule has 1 aromatic rings. The minimum absolute atomic E-state index is 0.151. The Labute approximate surface area is 91.0 Å². The van der Waals surface area contributed by atoms with Gasteiger partial charge in [0, 0.05) is 12.5 Å². The number of ether oxygens (including phenoxy) is 1. The highest BCUT2D eigenvalue weighted by atomic mass is 35.5. The van der Waals surface area contributed by atoms with Crippen molar-refractivity contribution >= 4 is 11.6 Å². The highest BCUT2D eigenvalue weighted by Gasteiger charge is 2.09. The molecule has 0 saturated heterocycles. The Kier molecular flexibility index (Phi) is 4.99. The van der Waals surface area contributed by atoms with Gasteiger partial charge in [0.2, 0.25) is 0 Å². The van der Waals surface area contributed by atoms with Gasteiger partial charge in [0.05, 0.1) is 6.10 Å². The van der Waals surface area contributed by atoms with E-state index in [1.54, 1.807) is 0 Å². The summed E-state index contributed by atoms with van der Waals surface area (Å²) >= 11 is 5.73. The van der Waals surface area contributed by atoms with Crippen molar-refractivity contribution in [2.24, 2.45) is 0 Å². The van der Waals surface area contributed by atoms with Crippen LogP contribution in [0.4, 0.5) is 0 Å². The van der Waals surface area contributed by atoms with Crippen molar-refractivity contribution < 1.29 is 4.74 Å². The van der Waals surface area contributed by atoms with E-state index in [0.29, 0.717) is 5.88 Å². The quantitative estimate of drug-likeness (QED) is 0.677. The molecule has 0 spiro atoms. The van der Waals surface area contributed by atoms with Crippen LogP contribution in [0, 0.1) is 6.92 Å². The molecule has 0 aliphatic carbocycles.